The van der Waals surface area contributed by atoms with E-state index in [0.29, 0.717) is 12.3 Å². The molecule has 1 nitrogen and oxygen atoms in total. The molecule has 0 spiro atoms. The van der Waals surface area contributed by atoms with Crippen molar-refractivity contribution in [3.05, 3.63) is 46.6 Å². The van der Waals surface area contributed by atoms with Gasteiger partial charge in [0.1, 0.15) is 0 Å². The van der Waals surface area contributed by atoms with Gasteiger partial charge in [0, 0.05) is 11.8 Å². The fraction of sp³-hybridized carbons (Fsp3) is 0.450. The highest BCUT2D eigenvalue weighted by molar-refractivity contribution is 5.96. The summed E-state index contributed by atoms with van der Waals surface area (Å²) in [4.78, 5) is 11.4. The molecule has 0 fully saturated rings. The van der Waals surface area contributed by atoms with Crippen molar-refractivity contribution in [3.63, 3.8) is 0 Å². The predicted octanol–water partition coefficient (Wildman–Crippen LogP) is 4.77. The van der Waals surface area contributed by atoms with Crippen molar-refractivity contribution >= 4 is 5.78 Å². The molecule has 2 unspecified atom stereocenters. The van der Waals surface area contributed by atoms with Crippen LogP contribution in [0.1, 0.15) is 47.0 Å². The van der Waals surface area contributed by atoms with E-state index in [9.17, 15) is 4.79 Å². The van der Waals surface area contributed by atoms with Crippen molar-refractivity contribution in [1.82, 2.24) is 0 Å². The van der Waals surface area contributed by atoms with Crippen LogP contribution < -0.4 is 0 Å². The van der Waals surface area contributed by atoms with Gasteiger partial charge in [0.25, 0.3) is 0 Å². The molecule has 0 amide bonds. The third kappa shape index (κ3) is 3.27. The Bertz CT molecular complexity index is 619. The first-order valence-electron chi connectivity index (χ1n) is 7.62. The lowest BCUT2D eigenvalue weighted by atomic mass is 9.67. The highest BCUT2D eigenvalue weighted by Gasteiger charge is 2.32. The van der Waals surface area contributed by atoms with E-state index >= 15 is 0 Å². The van der Waals surface area contributed by atoms with Gasteiger partial charge in [-0.1, -0.05) is 49.3 Å². The largest absolute Gasteiger partial charge is 0.285 e. The van der Waals surface area contributed by atoms with E-state index < -0.39 is 0 Å². The van der Waals surface area contributed by atoms with Gasteiger partial charge in [-0.3, -0.25) is 4.79 Å². The Morgan fingerprint density at radius 1 is 1.43 bits per heavy atom. The molecule has 0 bridgehead atoms. The first kappa shape index (κ1) is 15.6. The zero-order valence-electron chi connectivity index (χ0n) is 13.5. The SMILES string of the molecule is C#CC(=O)CC1=CCC(C)(C2=CC(C)CC(C)=C2)C(C)=C1. The lowest BCUT2D eigenvalue weighted by Crippen LogP contribution is -2.24. The molecule has 0 aromatic rings. The van der Waals surface area contributed by atoms with E-state index in [1.807, 2.05) is 0 Å². The van der Waals surface area contributed by atoms with Crippen molar-refractivity contribution in [2.75, 3.05) is 0 Å². The van der Waals surface area contributed by atoms with E-state index in [2.05, 4.69) is 57.9 Å². The molecule has 0 heterocycles. The predicted molar refractivity (Wildman–Crippen MR) is 88.6 cm³/mol. The summed E-state index contributed by atoms with van der Waals surface area (Å²) in [6.45, 7) is 8.94. The van der Waals surface area contributed by atoms with Gasteiger partial charge in [0.05, 0.1) is 0 Å². The van der Waals surface area contributed by atoms with Gasteiger partial charge in [0.2, 0.25) is 5.78 Å². The summed E-state index contributed by atoms with van der Waals surface area (Å²) in [6.07, 6.45) is 16.7. The van der Waals surface area contributed by atoms with E-state index in [1.165, 1.54) is 16.7 Å². The molecule has 0 saturated heterocycles. The normalized spacial score (nSPS) is 28.8. The Morgan fingerprint density at radius 3 is 2.71 bits per heavy atom. The molecule has 0 aromatic heterocycles. The molecule has 2 atom stereocenters. The third-order valence-corrected chi connectivity index (χ3v) is 4.72. The van der Waals surface area contributed by atoms with Gasteiger partial charge in [-0.15, -0.1) is 6.42 Å². The monoisotopic (exact) mass is 280 g/mol. The van der Waals surface area contributed by atoms with Crippen molar-refractivity contribution in [3.8, 4) is 12.3 Å². The quantitative estimate of drug-likeness (QED) is 0.537. The van der Waals surface area contributed by atoms with E-state index in [1.54, 1.807) is 0 Å². The number of rotatable bonds is 3. The van der Waals surface area contributed by atoms with Crippen LogP contribution in [0, 0.1) is 23.7 Å². The average Bonchev–Trinajstić information content (AvgIpc) is 2.42. The lowest BCUT2D eigenvalue weighted by molar-refractivity contribution is -0.113. The molecule has 0 aromatic carbocycles. The maximum absolute atomic E-state index is 11.4. The number of hydrogen-bond donors (Lipinski definition) is 0. The van der Waals surface area contributed by atoms with E-state index in [4.69, 9.17) is 6.42 Å². The maximum atomic E-state index is 11.4. The second kappa shape index (κ2) is 5.90. The Labute approximate surface area is 128 Å². The topological polar surface area (TPSA) is 17.1 Å². The minimum atomic E-state index is -0.143. The molecule has 0 radical (unpaired) electrons. The Hall–Kier alpha value is -1.81. The number of allylic oxidation sites excluding steroid dienone is 8. The highest BCUT2D eigenvalue weighted by atomic mass is 16.1. The maximum Gasteiger partial charge on any atom is 0.209 e. The number of Topliss-reactive ketones (excluding diaryl/α,β-unsaturated/α-hetero) is 1. The molecular weight excluding hydrogens is 256 g/mol. The highest BCUT2D eigenvalue weighted by Crippen LogP contribution is 2.45. The van der Waals surface area contributed by atoms with Gasteiger partial charge >= 0.3 is 0 Å². The van der Waals surface area contributed by atoms with E-state index in [0.717, 1.165) is 18.4 Å². The number of hydrogen-bond acceptors (Lipinski definition) is 1. The second-order valence-electron chi connectivity index (χ2n) is 6.68. The van der Waals surface area contributed by atoms with Gasteiger partial charge in [-0.05, 0) is 49.7 Å². The first-order valence-corrected chi connectivity index (χ1v) is 7.62. The Morgan fingerprint density at radius 2 is 2.14 bits per heavy atom. The van der Waals surface area contributed by atoms with Crippen LogP contribution in [0.5, 0.6) is 0 Å². The molecule has 0 N–H and O–H groups in total. The molecule has 21 heavy (non-hydrogen) atoms. The zero-order chi connectivity index (χ0) is 15.6. The summed E-state index contributed by atoms with van der Waals surface area (Å²) in [7, 11) is 0. The van der Waals surface area contributed by atoms with Crippen LogP contribution in [0.4, 0.5) is 0 Å². The summed E-state index contributed by atoms with van der Waals surface area (Å²) >= 11 is 0. The van der Waals surface area contributed by atoms with Crippen LogP contribution in [-0.4, -0.2) is 5.78 Å². The van der Waals surface area contributed by atoms with Crippen molar-refractivity contribution in [2.45, 2.75) is 47.0 Å². The van der Waals surface area contributed by atoms with Crippen LogP contribution in [0.15, 0.2) is 46.6 Å². The summed E-state index contributed by atoms with van der Waals surface area (Å²) < 4.78 is 0. The summed E-state index contributed by atoms with van der Waals surface area (Å²) in [5.74, 6) is 2.65. The number of carbonyl (C=O) groups is 1. The minimum Gasteiger partial charge on any atom is -0.285 e. The minimum absolute atomic E-state index is 0.0403. The smallest absolute Gasteiger partial charge is 0.209 e. The fourth-order valence-electron chi connectivity index (χ4n) is 3.29. The zero-order valence-corrected chi connectivity index (χ0v) is 13.5. The molecule has 110 valence electrons. The standard InChI is InChI=1S/C20H24O/c1-6-19(21)13-17-7-8-20(5,16(4)12-17)18-10-14(2)9-15(3)11-18/h1,7,10-12,14H,8-9,13H2,2-5H3. The number of ketones is 1. The second-order valence-corrected chi connectivity index (χ2v) is 6.68. The van der Waals surface area contributed by atoms with Crippen LogP contribution in [-0.2, 0) is 4.79 Å². The van der Waals surface area contributed by atoms with Crippen LogP contribution >= 0.6 is 0 Å². The number of carbonyl (C=O) groups excluding carboxylic acids is 1. The third-order valence-electron chi connectivity index (χ3n) is 4.72. The molecule has 2 aliphatic rings. The molecule has 1 heteroatoms. The molecular formula is C20H24O. The fourth-order valence-corrected chi connectivity index (χ4v) is 3.29. The van der Waals surface area contributed by atoms with E-state index in [-0.39, 0.29) is 11.2 Å². The molecule has 0 aliphatic heterocycles. The number of terminal acetylenes is 1. The van der Waals surface area contributed by atoms with Gasteiger partial charge in [-0.2, -0.15) is 0 Å². The molecule has 2 rings (SSSR count). The summed E-state index contributed by atoms with van der Waals surface area (Å²) in [5.41, 5.74) is 5.27. The van der Waals surface area contributed by atoms with Crippen molar-refractivity contribution in [2.24, 2.45) is 11.3 Å². The van der Waals surface area contributed by atoms with Crippen molar-refractivity contribution < 1.29 is 4.79 Å². The van der Waals surface area contributed by atoms with Crippen LogP contribution in [0.2, 0.25) is 0 Å². The van der Waals surface area contributed by atoms with Crippen molar-refractivity contribution in [1.29, 1.82) is 0 Å². The first-order chi connectivity index (χ1) is 9.85. The van der Waals surface area contributed by atoms with Gasteiger partial charge < -0.3 is 0 Å². The molecule has 2 aliphatic carbocycles. The summed E-state index contributed by atoms with van der Waals surface area (Å²) in [5, 5.41) is 0. The summed E-state index contributed by atoms with van der Waals surface area (Å²) in [6, 6.07) is 0. The molecule has 0 saturated carbocycles. The Balaban J connectivity index is 2.26. The van der Waals surface area contributed by atoms with Gasteiger partial charge in [-0.25, -0.2) is 0 Å². The average molecular weight is 280 g/mol. The van der Waals surface area contributed by atoms with Crippen LogP contribution in [0.3, 0.4) is 0 Å². The van der Waals surface area contributed by atoms with Crippen LogP contribution in [0.25, 0.3) is 0 Å². The Kier molecular flexibility index (Phi) is 4.37. The van der Waals surface area contributed by atoms with Gasteiger partial charge in [0.15, 0.2) is 0 Å². The lowest BCUT2D eigenvalue weighted by Gasteiger charge is -2.37.